The Hall–Kier alpha value is -1.80. The smallest absolute Gasteiger partial charge is 0.446 e. The summed E-state index contributed by atoms with van der Waals surface area (Å²) in [5.74, 6) is -1.92. The molecular formula is C7H7NO6S. The van der Waals surface area contributed by atoms with Gasteiger partial charge in [-0.25, -0.2) is 4.79 Å². The molecule has 0 aliphatic heterocycles. The van der Waals surface area contributed by atoms with E-state index in [4.69, 9.17) is 15.4 Å². The van der Waals surface area contributed by atoms with Crippen molar-refractivity contribution in [3.05, 3.63) is 23.8 Å². The normalized spacial score (nSPS) is 11.0. The van der Waals surface area contributed by atoms with Crippen molar-refractivity contribution in [1.29, 1.82) is 0 Å². The highest BCUT2D eigenvalue weighted by Crippen LogP contribution is 2.22. The zero-order valence-electron chi connectivity index (χ0n) is 7.25. The summed E-state index contributed by atoms with van der Waals surface area (Å²) in [6.07, 6.45) is 0. The average molecular weight is 233 g/mol. The van der Waals surface area contributed by atoms with Crippen LogP contribution in [-0.2, 0) is 10.4 Å². The summed E-state index contributed by atoms with van der Waals surface area (Å²) >= 11 is 0. The maximum Gasteiger partial charge on any atom is 0.446 e. The molecule has 7 nitrogen and oxygen atoms in total. The number of benzene rings is 1. The fourth-order valence-electron chi connectivity index (χ4n) is 0.901. The van der Waals surface area contributed by atoms with Crippen LogP contribution in [0.15, 0.2) is 18.2 Å². The van der Waals surface area contributed by atoms with Crippen molar-refractivity contribution in [2.24, 2.45) is 0 Å². The van der Waals surface area contributed by atoms with Crippen LogP contribution in [0.2, 0.25) is 0 Å². The van der Waals surface area contributed by atoms with Gasteiger partial charge >= 0.3 is 16.4 Å². The standard InChI is InChI=1S/C7H7NO6S/c8-4-1-2-6(14-15(11,12)13)5(3-4)7(9)10/h1-3H,8H2,(H,9,10)(H,11,12,13). The van der Waals surface area contributed by atoms with Crippen LogP contribution in [0.3, 0.4) is 0 Å². The van der Waals surface area contributed by atoms with Gasteiger partial charge in [-0.3, -0.25) is 4.55 Å². The van der Waals surface area contributed by atoms with Crippen LogP contribution >= 0.6 is 0 Å². The highest BCUT2D eigenvalue weighted by molar-refractivity contribution is 7.81. The van der Waals surface area contributed by atoms with E-state index in [1.807, 2.05) is 0 Å². The SMILES string of the molecule is Nc1ccc(OS(=O)(=O)O)c(C(=O)O)c1. The Morgan fingerprint density at radius 1 is 1.40 bits per heavy atom. The summed E-state index contributed by atoms with van der Waals surface area (Å²) in [5, 5.41) is 8.67. The molecule has 0 bridgehead atoms. The lowest BCUT2D eigenvalue weighted by atomic mass is 10.2. The molecule has 82 valence electrons. The van der Waals surface area contributed by atoms with Crippen LogP contribution < -0.4 is 9.92 Å². The second-order valence-electron chi connectivity index (χ2n) is 2.57. The van der Waals surface area contributed by atoms with Crippen molar-refractivity contribution >= 4 is 22.1 Å². The average Bonchev–Trinajstić information content (AvgIpc) is 2.05. The number of carboxylic acids is 1. The Labute approximate surface area is 85.0 Å². The van der Waals surface area contributed by atoms with E-state index in [-0.39, 0.29) is 5.69 Å². The zero-order valence-corrected chi connectivity index (χ0v) is 8.06. The molecule has 0 unspecified atom stereocenters. The van der Waals surface area contributed by atoms with Crippen molar-refractivity contribution in [2.75, 3.05) is 5.73 Å². The number of hydrogen-bond acceptors (Lipinski definition) is 5. The lowest BCUT2D eigenvalue weighted by Gasteiger charge is -2.05. The predicted octanol–water partition coefficient (Wildman–Crippen LogP) is 0.149. The molecule has 15 heavy (non-hydrogen) atoms. The number of nitrogens with two attached hydrogens (primary N) is 1. The molecule has 0 amide bonds. The molecule has 0 aliphatic rings. The minimum Gasteiger partial charge on any atom is -0.478 e. The third-order valence-corrected chi connectivity index (χ3v) is 1.82. The summed E-state index contributed by atoms with van der Waals surface area (Å²) in [5.41, 5.74) is 4.98. The first-order chi connectivity index (χ1) is 6.79. The largest absolute Gasteiger partial charge is 0.478 e. The number of aromatic carboxylic acids is 1. The van der Waals surface area contributed by atoms with Gasteiger partial charge in [-0.05, 0) is 18.2 Å². The second-order valence-corrected chi connectivity index (χ2v) is 3.59. The van der Waals surface area contributed by atoms with Gasteiger partial charge in [0.2, 0.25) is 0 Å². The summed E-state index contributed by atoms with van der Waals surface area (Å²) in [6, 6.07) is 3.29. The van der Waals surface area contributed by atoms with E-state index >= 15 is 0 Å². The fourth-order valence-corrected chi connectivity index (χ4v) is 1.27. The summed E-state index contributed by atoms with van der Waals surface area (Å²) in [4.78, 5) is 10.6. The number of carboxylic acid groups (broad SMARTS) is 1. The molecule has 0 radical (unpaired) electrons. The van der Waals surface area contributed by atoms with E-state index in [2.05, 4.69) is 4.18 Å². The molecule has 0 atom stereocenters. The Morgan fingerprint density at radius 2 is 2.00 bits per heavy atom. The molecule has 1 rings (SSSR count). The molecule has 0 saturated heterocycles. The lowest BCUT2D eigenvalue weighted by Crippen LogP contribution is -2.10. The maximum atomic E-state index is 10.6. The topological polar surface area (TPSA) is 127 Å². The molecule has 8 heteroatoms. The van der Waals surface area contributed by atoms with Gasteiger partial charge in [-0.2, -0.15) is 8.42 Å². The van der Waals surface area contributed by atoms with Crippen LogP contribution in [0.4, 0.5) is 5.69 Å². The highest BCUT2D eigenvalue weighted by atomic mass is 32.3. The first-order valence-electron chi connectivity index (χ1n) is 3.59. The number of nitrogen functional groups attached to an aromatic ring is 1. The van der Waals surface area contributed by atoms with Gasteiger partial charge in [0.05, 0.1) is 0 Å². The first kappa shape index (κ1) is 11.3. The van der Waals surface area contributed by atoms with Gasteiger partial charge in [0.1, 0.15) is 5.56 Å². The molecule has 1 aromatic carbocycles. The predicted molar refractivity (Wildman–Crippen MR) is 50.0 cm³/mol. The molecule has 0 saturated carbocycles. The van der Waals surface area contributed by atoms with Gasteiger partial charge < -0.3 is 15.0 Å². The number of carbonyl (C=O) groups is 1. The van der Waals surface area contributed by atoms with E-state index in [1.54, 1.807) is 0 Å². The third-order valence-electron chi connectivity index (χ3n) is 1.43. The number of anilines is 1. The molecule has 4 N–H and O–H groups in total. The second kappa shape index (κ2) is 3.75. The molecule has 0 fully saturated rings. The van der Waals surface area contributed by atoms with Crippen molar-refractivity contribution in [2.45, 2.75) is 0 Å². The molecule has 0 aliphatic carbocycles. The summed E-state index contributed by atoms with van der Waals surface area (Å²) in [7, 11) is -4.75. The van der Waals surface area contributed by atoms with E-state index in [0.29, 0.717) is 0 Å². The van der Waals surface area contributed by atoms with E-state index in [1.165, 1.54) is 6.07 Å². The van der Waals surface area contributed by atoms with E-state index in [9.17, 15) is 13.2 Å². The van der Waals surface area contributed by atoms with E-state index < -0.39 is 27.7 Å². The highest BCUT2D eigenvalue weighted by Gasteiger charge is 2.16. The van der Waals surface area contributed by atoms with Gasteiger partial charge in [0, 0.05) is 5.69 Å². The first-order valence-corrected chi connectivity index (χ1v) is 4.96. The van der Waals surface area contributed by atoms with Crippen LogP contribution in [0, 0.1) is 0 Å². The van der Waals surface area contributed by atoms with Crippen molar-refractivity contribution < 1.29 is 27.1 Å². The van der Waals surface area contributed by atoms with Gasteiger partial charge in [0.25, 0.3) is 0 Å². The summed E-state index contributed by atoms with van der Waals surface area (Å²) in [6.45, 7) is 0. The molecule has 0 spiro atoms. The minimum atomic E-state index is -4.75. The van der Waals surface area contributed by atoms with Gasteiger partial charge in [-0.15, -0.1) is 0 Å². The quantitative estimate of drug-likeness (QED) is 0.500. The molecular weight excluding hydrogens is 226 g/mol. The Kier molecular flexibility index (Phi) is 2.82. The molecule has 0 heterocycles. The minimum absolute atomic E-state index is 0.134. The number of hydrogen-bond donors (Lipinski definition) is 3. The number of rotatable bonds is 3. The summed E-state index contributed by atoms with van der Waals surface area (Å²) < 4.78 is 33.2. The van der Waals surface area contributed by atoms with Crippen LogP contribution in [0.5, 0.6) is 5.75 Å². The van der Waals surface area contributed by atoms with Gasteiger partial charge in [0.15, 0.2) is 5.75 Å². The lowest BCUT2D eigenvalue weighted by molar-refractivity contribution is 0.0695. The van der Waals surface area contributed by atoms with E-state index in [0.717, 1.165) is 12.1 Å². The molecule has 1 aromatic rings. The third kappa shape index (κ3) is 3.11. The van der Waals surface area contributed by atoms with Crippen LogP contribution in [-0.4, -0.2) is 24.0 Å². The monoisotopic (exact) mass is 233 g/mol. The van der Waals surface area contributed by atoms with Crippen LogP contribution in [0.1, 0.15) is 10.4 Å². The Balaban J connectivity index is 3.24. The maximum absolute atomic E-state index is 10.6. The fraction of sp³-hybridized carbons (Fsp3) is 0. The Morgan fingerprint density at radius 3 is 2.47 bits per heavy atom. The van der Waals surface area contributed by atoms with Crippen molar-refractivity contribution in [1.82, 2.24) is 0 Å². The molecule has 0 aromatic heterocycles. The Bertz CT molecular complexity index is 494. The van der Waals surface area contributed by atoms with Gasteiger partial charge in [-0.1, -0.05) is 0 Å². The van der Waals surface area contributed by atoms with Crippen LogP contribution in [0.25, 0.3) is 0 Å². The van der Waals surface area contributed by atoms with Crippen molar-refractivity contribution in [3.8, 4) is 5.75 Å². The zero-order chi connectivity index (χ0) is 11.6. The van der Waals surface area contributed by atoms with Crippen molar-refractivity contribution in [3.63, 3.8) is 0 Å².